The summed E-state index contributed by atoms with van der Waals surface area (Å²) in [6.45, 7) is 0. The van der Waals surface area contributed by atoms with Crippen molar-refractivity contribution in [3.8, 4) is 16.8 Å². The molecule has 0 atom stereocenters. The molecule has 0 spiro atoms. The SMILES string of the molecule is c1ccc(-n2c3ccccc3c3c4c(ccc32)-c2cccc([Si](c3ccccc3)(c3ccccc3)c3ccccc3)c2C4)cc1. The minimum absolute atomic E-state index is 0.919. The lowest BCUT2D eigenvalue weighted by atomic mass is 10.0. The second-order valence-corrected chi connectivity index (χ2v) is 15.8. The molecule has 1 nitrogen and oxygen atoms in total. The average Bonchev–Trinajstić information content (AvgIpc) is 3.67. The van der Waals surface area contributed by atoms with Crippen molar-refractivity contribution in [2.75, 3.05) is 0 Å². The number of aromatic nitrogens is 1. The molecule has 212 valence electrons. The average molecular weight is 590 g/mol. The Morgan fingerprint density at radius 1 is 0.400 bits per heavy atom. The minimum atomic E-state index is -2.67. The van der Waals surface area contributed by atoms with E-state index in [0.717, 1.165) is 6.42 Å². The molecule has 1 aliphatic carbocycles. The van der Waals surface area contributed by atoms with Gasteiger partial charge in [0.15, 0.2) is 8.07 Å². The summed E-state index contributed by atoms with van der Waals surface area (Å²) in [4.78, 5) is 0. The minimum Gasteiger partial charge on any atom is -0.309 e. The van der Waals surface area contributed by atoms with Crippen molar-refractivity contribution in [3.63, 3.8) is 0 Å². The van der Waals surface area contributed by atoms with E-state index in [4.69, 9.17) is 0 Å². The van der Waals surface area contributed by atoms with E-state index in [1.807, 2.05) is 0 Å². The Balaban J connectivity index is 1.35. The highest BCUT2D eigenvalue weighted by molar-refractivity contribution is 7.20. The van der Waals surface area contributed by atoms with Gasteiger partial charge in [0.1, 0.15) is 0 Å². The number of para-hydroxylation sites is 2. The molecule has 0 saturated carbocycles. The van der Waals surface area contributed by atoms with Crippen LogP contribution in [0.2, 0.25) is 0 Å². The molecular formula is C43H31NSi. The van der Waals surface area contributed by atoms with Crippen molar-refractivity contribution in [3.05, 3.63) is 187 Å². The predicted octanol–water partition coefficient (Wildman–Crippen LogP) is 7.73. The standard InChI is InChI=1S/C43H31NSi/c1-5-16-31(17-6-1)44-40-26-14-13-24-37(40)43-39-30-38-35(36(39)28-29-41(43)44)25-15-27-42(38)45(32-18-7-2-8-19-32,33-20-9-3-10-21-33)34-22-11-4-12-23-34/h1-29H,30H2. The second kappa shape index (κ2) is 10.3. The van der Waals surface area contributed by atoms with Crippen LogP contribution in [0.25, 0.3) is 38.6 Å². The second-order valence-electron chi connectivity index (χ2n) is 12.0. The molecule has 1 aromatic heterocycles. The Morgan fingerprint density at radius 3 is 1.56 bits per heavy atom. The Bertz CT molecular complexity index is 2230. The molecule has 0 radical (unpaired) electrons. The van der Waals surface area contributed by atoms with E-state index in [0.29, 0.717) is 0 Å². The van der Waals surface area contributed by atoms with Crippen LogP contribution in [0.15, 0.2) is 176 Å². The monoisotopic (exact) mass is 589 g/mol. The first kappa shape index (κ1) is 26.0. The molecule has 1 heterocycles. The fraction of sp³-hybridized carbons (Fsp3) is 0.0233. The molecule has 0 saturated heterocycles. The van der Waals surface area contributed by atoms with E-state index in [9.17, 15) is 0 Å². The van der Waals surface area contributed by atoms with Gasteiger partial charge in [-0.1, -0.05) is 152 Å². The number of fused-ring (bicyclic) bond motifs is 7. The van der Waals surface area contributed by atoms with Gasteiger partial charge in [0.25, 0.3) is 0 Å². The zero-order valence-corrected chi connectivity index (χ0v) is 25.9. The molecular weight excluding hydrogens is 559 g/mol. The maximum Gasteiger partial charge on any atom is 0.179 e. The first-order chi connectivity index (χ1) is 22.4. The van der Waals surface area contributed by atoms with E-state index >= 15 is 0 Å². The van der Waals surface area contributed by atoms with Gasteiger partial charge in [-0.2, -0.15) is 0 Å². The van der Waals surface area contributed by atoms with Gasteiger partial charge >= 0.3 is 0 Å². The number of hydrogen-bond acceptors (Lipinski definition) is 0. The molecule has 8 aromatic rings. The summed E-state index contributed by atoms with van der Waals surface area (Å²) in [7, 11) is -2.67. The van der Waals surface area contributed by atoms with Gasteiger partial charge in [-0.15, -0.1) is 0 Å². The molecule has 7 aromatic carbocycles. The van der Waals surface area contributed by atoms with Crippen LogP contribution in [0, 0.1) is 0 Å². The highest BCUT2D eigenvalue weighted by Crippen LogP contribution is 2.44. The molecule has 45 heavy (non-hydrogen) atoms. The Labute approximate surface area is 264 Å². The van der Waals surface area contributed by atoms with Crippen molar-refractivity contribution >= 4 is 50.6 Å². The van der Waals surface area contributed by atoms with Crippen molar-refractivity contribution in [1.82, 2.24) is 4.57 Å². The summed E-state index contributed by atoms with van der Waals surface area (Å²) >= 11 is 0. The maximum absolute atomic E-state index is 2.67. The third kappa shape index (κ3) is 3.79. The topological polar surface area (TPSA) is 4.93 Å². The van der Waals surface area contributed by atoms with E-state index in [1.54, 1.807) is 0 Å². The largest absolute Gasteiger partial charge is 0.309 e. The van der Waals surface area contributed by atoms with Crippen LogP contribution in [0.5, 0.6) is 0 Å². The summed E-state index contributed by atoms with van der Waals surface area (Å²) < 4.78 is 2.44. The number of benzene rings is 7. The molecule has 0 unspecified atom stereocenters. The summed E-state index contributed by atoms with van der Waals surface area (Å²) in [5.41, 5.74) is 9.38. The first-order valence-corrected chi connectivity index (χ1v) is 17.8. The van der Waals surface area contributed by atoms with E-state index in [1.165, 1.54) is 70.5 Å². The van der Waals surface area contributed by atoms with Gasteiger partial charge in [0, 0.05) is 16.5 Å². The third-order valence-electron chi connectivity index (χ3n) is 9.80. The van der Waals surface area contributed by atoms with Crippen LogP contribution in [-0.2, 0) is 6.42 Å². The molecule has 2 heteroatoms. The number of hydrogen-bond donors (Lipinski definition) is 0. The van der Waals surface area contributed by atoms with Crippen LogP contribution >= 0.6 is 0 Å². The summed E-state index contributed by atoms with van der Waals surface area (Å²) in [6, 6.07) is 65.4. The fourth-order valence-electron chi connectivity index (χ4n) is 8.01. The molecule has 9 rings (SSSR count). The maximum atomic E-state index is 2.44. The smallest absolute Gasteiger partial charge is 0.179 e. The first-order valence-electron chi connectivity index (χ1n) is 15.8. The Kier molecular flexibility index (Phi) is 5.97. The van der Waals surface area contributed by atoms with Crippen molar-refractivity contribution < 1.29 is 0 Å². The Morgan fingerprint density at radius 2 is 0.933 bits per heavy atom. The van der Waals surface area contributed by atoms with Gasteiger partial charge in [0.2, 0.25) is 0 Å². The zero-order valence-electron chi connectivity index (χ0n) is 24.9. The zero-order chi connectivity index (χ0) is 29.8. The molecule has 0 N–H and O–H groups in total. The van der Waals surface area contributed by atoms with Gasteiger partial charge in [-0.25, -0.2) is 0 Å². The van der Waals surface area contributed by atoms with Crippen LogP contribution < -0.4 is 20.7 Å². The normalized spacial score (nSPS) is 12.4. The van der Waals surface area contributed by atoms with Gasteiger partial charge in [-0.3, -0.25) is 0 Å². The van der Waals surface area contributed by atoms with Crippen LogP contribution in [0.4, 0.5) is 0 Å². The lowest BCUT2D eigenvalue weighted by molar-refractivity contribution is 1.18. The van der Waals surface area contributed by atoms with Gasteiger partial charge in [-0.05, 0) is 73.7 Å². The van der Waals surface area contributed by atoms with E-state index < -0.39 is 8.07 Å². The molecule has 0 amide bonds. The quantitative estimate of drug-likeness (QED) is 0.143. The summed E-state index contributed by atoms with van der Waals surface area (Å²) in [5, 5.41) is 8.42. The fourth-order valence-corrected chi connectivity index (χ4v) is 13.0. The van der Waals surface area contributed by atoms with Crippen LogP contribution in [-0.4, -0.2) is 12.6 Å². The van der Waals surface area contributed by atoms with Gasteiger partial charge in [0.05, 0.1) is 11.0 Å². The van der Waals surface area contributed by atoms with Crippen molar-refractivity contribution in [2.24, 2.45) is 0 Å². The highest BCUT2D eigenvalue weighted by Gasteiger charge is 2.44. The van der Waals surface area contributed by atoms with Crippen molar-refractivity contribution in [1.29, 1.82) is 0 Å². The molecule has 0 fully saturated rings. The van der Waals surface area contributed by atoms with Crippen LogP contribution in [0.3, 0.4) is 0 Å². The van der Waals surface area contributed by atoms with Gasteiger partial charge < -0.3 is 4.57 Å². The Hall–Kier alpha value is -5.44. The predicted molar refractivity (Wildman–Crippen MR) is 193 cm³/mol. The molecule has 0 aliphatic heterocycles. The highest BCUT2D eigenvalue weighted by atomic mass is 28.3. The lowest BCUT2D eigenvalue weighted by Gasteiger charge is -2.36. The third-order valence-corrected chi connectivity index (χ3v) is 14.7. The lowest BCUT2D eigenvalue weighted by Crippen LogP contribution is -2.75. The van der Waals surface area contributed by atoms with E-state index in [-0.39, 0.29) is 0 Å². The number of rotatable bonds is 5. The number of nitrogens with zero attached hydrogens (tertiary/aromatic N) is 1. The van der Waals surface area contributed by atoms with Crippen molar-refractivity contribution in [2.45, 2.75) is 6.42 Å². The molecule has 1 aliphatic rings. The summed E-state index contributed by atoms with van der Waals surface area (Å²) in [5.74, 6) is 0. The van der Waals surface area contributed by atoms with Crippen LogP contribution in [0.1, 0.15) is 11.1 Å². The molecule has 0 bridgehead atoms. The van der Waals surface area contributed by atoms with E-state index in [2.05, 4.69) is 180 Å². The summed E-state index contributed by atoms with van der Waals surface area (Å²) in [6.07, 6.45) is 0.919.